The van der Waals surface area contributed by atoms with Crippen LogP contribution in [-0.2, 0) is 9.59 Å². The number of hydrogen-bond acceptors (Lipinski definition) is 3. The highest BCUT2D eigenvalue weighted by Crippen LogP contribution is 2.24. The molecule has 0 saturated heterocycles. The van der Waals surface area contributed by atoms with Crippen LogP contribution in [0.25, 0.3) is 0 Å². The van der Waals surface area contributed by atoms with Crippen molar-refractivity contribution in [3.05, 3.63) is 59.7 Å². The predicted molar refractivity (Wildman–Crippen MR) is 88.6 cm³/mol. The lowest BCUT2D eigenvalue weighted by Crippen LogP contribution is -2.41. The SMILES string of the molecule is CC(C)(C(=O)Nc1ccc(F)cc1F)C(=O)Nc1ccccc1C#N. The number of rotatable bonds is 4. The molecule has 0 unspecified atom stereocenters. The molecule has 0 fully saturated rings. The summed E-state index contributed by atoms with van der Waals surface area (Å²) in [6.07, 6.45) is 0. The second-order valence-electron chi connectivity index (χ2n) is 5.81. The van der Waals surface area contributed by atoms with Gasteiger partial charge in [-0.2, -0.15) is 5.26 Å². The summed E-state index contributed by atoms with van der Waals surface area (Å²) in [4.78, 5) is 24.8. The molecule has 2 aromatic carbocycles. The number of halogens is 2. The number of carbonyl (C=O) groups excluding carboxylic acids is 2. The van der Waals surface area contributed by atoms with Crippen molar-refractivity contribution in [1.29, 1.82) is 5.26 Å². The average Bonchev–Trinajstić information content (AvgIpc) is 2.57. The van der Waals surface area contributed by atoms with Crippen LogP contribution in [0.2, 0.25) is 0 Å². The average molecular weight is 343 g/mol. The number of nitrogens with zero attached hydrogens (tertiary/aromatic N) is 1. The predicted octanol–water partition coefficient (Wildman–Crippen LogP) is 3.44. The van der Waals surface area contributed by atoms with Gasteiger partial charge in [0.2, 0.25) is 11.8 Å². The monoisotopic (exact) mass is 343 g/mol. The number of benzene rings is 2. The quantitative estimate of drug-likeness (QED) is 0.834. The molecule has 0 saturated carbocycles. The van der Waals surface area contributed by atoms with Gasteiger partial charge < -0.3 is 10.6 Å². The van der Waals surface area contributed by atoms with Gasteiger partial charge in [-0.1, -0.05) is 12.1 Å². The van der Waals surface area contributed by atoms with Crippen molar-refractivity contribution in [1.82, 2.24) is 0 Å². The van der Waals surface area contributed by atoms with Crippen molar-refractivity contribution in [3.63, 3.8) is 0 Å². The largest absolute Gasteiger partial charge is 0.324 e. The molecular formula is C18H15F2N3O2. The molecular weight excluding hydrogens is 328 g/mol. The highest BCUT2D eigenvalue weighted by molar-refractivity contribution is 6.14. The summed E-state index contributed by atoms with van der Waals surface area (Å²) in [5, 5.41) is 13.8. The molecule has 0 aliphatic carbocycles. The summed E-state index contributed by atoms with van der Waals surface area (Å²) in [7, 11) is 0. The van der Waals surface area contributed by atoms with Crippen LogP contribution in [0.5, 0.6) is 0 Å². The van der Waals surface area contributed by atoms with E-state index in [2.05, 4.69) is 10.6 Å². The fourth-order valence-corrected chi connectivity index (χ4v) is 1.94. The summed E-state index contributed by atoms with van der Waals surface area (Å²) in [5.74, 6) is -3.17. The van der Waals surface area contributed by atoms with E-state index >= 15 is 0 Å². The van der Waals surface area contributed by atoms with Gasteiger partial charge in [-0.25, -0.2) is 8.78 Å². The third-order valence-electron chi connectivity index (χ3n) is 3.61. The maximum absolute atomic E-state index is 13.7. The van der Waals surface area contributed by atoms with Gasteiger partial charge in [-0.15, -0.1) is 0 Å². The highest BCUT2D eigenvalue weighted by Gasteiger charge is 2.36. The Balaban J connectivity index is 2.17. The molecule has 2 N–H and O–H groups in total. The van der Waals surface area contributed by atoms with Crippen LogP contribution < -0.4 is 10.6 Å². The first kappa shape index (κ1) is 18.1. The van der Waals surface area contributed by atoms with Crippen LogP contribution in [0.15, 0.2) is 42.5 Å². The highest BCUT2D eigenvalue weighted by atomic mass is 19.1. The molecule has 25 heavy (non-hydrogen) atoms. The normalized spacial score (nSPS) is 10.7. The van der Waals surface area contributed by atoms with E-state index in [9.17, 15) is 18.4 Å². The lowest BCUT2D eigenvalue weighted by Gasteiger charge is -2.23. The fourth-order valence-electron chi connectivity index (χ4n) is 1.94. The first-order chi connectivity index (χ1) is 11.8. The Morgan fingerprint density at radius 3 is 2.20 bits per heavy atom. The van der Waals surface area contributed by atoms with E-state index in [-0.39, 0.29) is 16.9 Å². The molecule has 0 heterocycles. The van der Waals surface area contributed by atoms with Crippen molar-refractivity contribution in [2.75, 3.05) is 10.6 Å². The standard InChI is InChI=1S/C18H15F2N3O2/c1-18(2,16(24)22-14-6-4-3-5-11(14)10-21)17(25)23-15-8-7-12(19)9-13(15)20/h3-9H,1-2H3,(H,22,24)(H,23,25). The summed E-state index contributed by atoms with van der Waals surface area (Å²) in [6.45, 7) is 2.71. The summed E-state index contributed by atoms with van der Waals surface area (Å²) < 4.78 is 26.6. The molecule has 2 amide bonds. The van der Waals surface area contributed by atoms with Crippen LogP contribution in [0.1, 0.15) is 19.4 Å². The number of anilines is 2. The van der Waals surface area contributed by atoms with Crippen molar-refractivity contribution in [2.45, 2.75) is 13.8 Å². The van der Waals surface area contributed by atoms with Crippen LogP contribution >= 0.6 is 0 Å². The van der Waals surface area contributed by atoms with E-state index in [1.165, 1.54) is 26.0 Å². The number of amides is 2. The molecule has 128 valence electrons. The Hall–Kier alpha value is -3.27. The maximum atomic E-state index is 13.7. The molecule has 2 aromatic rings. The molecule has 0 spiro atoms. The molecule has 2 rings (SSSR count). The Morgan fingerprint density at radius 2 is 1.60 bits per heavy atom. The lowest BCUT2D eigenvalue weighted by molar-refractivity contribution is -0.135. The molecule has 0 radical (unpaired) electrons. The lowest BCUT2D eigenvalue weighted by atomic mass is 9.90. The molecule has 7 heteroatoms. The third-order valence-corrected chi connectivity index (χ3v) is 3.61. The van der Waals surface area contributed by atoms with Gasteiger partial charge in [0.1, 0.15) is 23.1 Å². The van der Waals surface area contributed by atoms with Gasteiger partial charge in [0.05, 0.1) is 16.9 Å². The van der Waals surface area contributed by atoms with Gasteiger partial charge in [0.15, 0.2) is 0 Å². The maximum Gasteiger partial charge on any atom is 0.239 e. The molecule has 0 aliphatic heterocycles. The third kappa shape index (κ3) is 3.98. The van der Waals surface area contributed by atoms with Crippen molar-refractivity contribution in [3.8, 4) is 6.07 Å². The fraction of sp³-hybridized carbons (Fsp3) is 0.167. The van der Waals surface area contributed by atoms with Gasteiger partial charge in [-0.05, 0) is 38.1 Å². The van der Waals surface area contributed by atoms with E-state index < -0.39 is 28.9 Å². The van der Waals surface area contributed by atoms with Crippen LogP contribution in [0.4, 0.5) is 20.2 Å². The van der Waals surface area contributed by atoms with Crippen molar-refractivity contribution in [2.24, 2.45) is 5.41 Å². The zero-order chi connectivity index (χ0) is 18.6. The van der Waals surface area contributed by atoms with Crippen LogP contribution in [0, 0.1) is 28.4 Å². The van der Waals surface area contributed by atoms with Crippen molar-refractivity contribution < 1.29 is 18.4 Å². The summed E-state index contributed by atoms with van der Waals surface area (Å²) in [5.41, 5.74) is -1.28. The molecule has 0 atom stereocenters. The molecule has 5 nitrogen and oxygen atoms in total. The number of nitrogens with one attached hydrogen (secondary N) is 2. The van der Waals surface area contributed by atoms with Gasteiger partial charge in [0.25, 0.3) is 0 Å². The van der Waals surface area contributed by atoms with Crippen LogP contribution in [0.3, 0.4) is 0 Å². The number of carbonyl (C=O) groups is 2. The van der Waals surface area contributed by atoms with Gasteiger partial charge in [0, 0.05) is 6.07 Å². The number of nitriles is 1. The van der Waals surface area contributed by atoms with Crippen molar-refractivity contribution >= 4 is 23.2 Å². The van der Waals surface area contributed by atoms with E-state index in [1.54, 1.807) is 12.1 Å². The Kier molecular flexibility index (Phi) is 5.13. The number of hydrogen-bond donors (Lipinski definition) is 2. The molecule has 0 bridgehead atoms. The zero-order valence-electron chi connectivity index (χ0n) is 13.6. The van der Waals surface area contributed by atoms with E-state index in [4.69, 9.17) is 5.26 Å². The topological polar surface area (TPSA) is 82.0 Å². The Labute approximate surface area is 143 Å². The molecule has 0 aliphatic rings. The van der Waals surface area contributed by atoms with E-state index in [0.29, 0.717) is 6.07 Å². The summed E-state index contributed by atoms with van der Waals surface area (Å²) in [6, 6.07) is 11.0. The van der Waals surface area contributed by atoms with E-state index in [1.807, 2.05) is 6.07 Å². The molecule has 0 aromatic heterocycles. The Morgan fingerprint density at radius 1 is 1.00 bits per heavy atom. The van der Waals surface area contributed by atoms with E-state index in [0.717, 1.165) is 12.1 Å². The minimum atomic E-state index is -1.57. The zero-order valence-corrected chi connectivity index (χ0v) is 13.6. The van der Waals surface area contributed by atoms with Crippen LogP contribution in [-0.4, -0.2) is 11.8 Å². The second-order valence-corrected chi connectivity index (χ2v) is 5.81. The summed E-state index contributed by atoms with van der Waals surface area (Å²) >= 11 is 0. The van der Waals surface area contributed by atoms with Gasteiger partial charge in [-0.3, -0.25) is 9.59 Å². The minimum Gasteiger partial charge on any atom is -0.324 e. The smallest absolute Gasteiger partial charge is 0.239 e. The Bertz CT molecular complexity index is 873. The second kappa shape index (κ2) is 7.09. The first-order valence-electron chi connectivity index (χ1n) is 7.33. The first-order valence-corrected chi connectivity index (χ1v) is 7.33. The minimum absolute atomic E-state index is 0.232. The van der Waals surface area contributed by atoms with Gasteiger partial charge >= 0.3 is 0 Å². The number of para-hydroxylation sites is 1.